The van der Waals surface area contributed by atoms with Crippen molar-refractivity contribution in [3.05, 3.63) is 34.1 Å². The van der Waals surface area contributed by atoms with E-state index in [4.69, 9.17) is 5.11 Å². The Morgan fingerprint density at radius 1 is 1.40 bits per heavy atom. The smallest absolute Gasteiger partial charge is 0.323 e. The van der Waals surface area contributed by atoms with Crippen LogP contribution in [0.2, 0.25) is 0 Å². The molecule has 0 spiro atoms. The molecule has 1 rings (SSSR count). The van der Waals surface area contributed by atoms with Gasteiger partial charge in [-0.1, -0.05) is 15.9 Å². The fourth-order valence-corrected chi connectivity index (χ4v) is 2.27. The zero-order chi connectivity index (χ0) is 15.3. The Morgan fingerprint density at radius 2 is 2.05 bits per heavy atom. The van der Waals surface area contributed by atoms with Crippen LogP contribution in [0.25, 0.3) is 0 Å². The minimum atomic E-state index is -1.04. The molecule has 0 bridgehead atoms. The average molecular weight is 346 g/mol. The lowest BCUT2D eigenvalue weighted by Gasteiger charge is -2.25. The molecule has 0 aliphatic rings. The van der Waals surface area contributed by atoms with Crippen LogP contribution in [0.15, 0.2) is 22.7 Å². The highest BCUT2D eigenvalue weighted by Crippen LogP contribution is 2.19. The normalized spacial score (nSPS) is 10.7. The van der Waals surface area contributed by atoms with E-state index in [1.165, 1.54) is 17.0 Å². The maximum Gasteiger partial charge on any atom is 0.323 e. The molecule has 0 aliphatic heterocycles. The van der Waals surface area contributed by atoms with E-state index in [-0.39, 0.29) is 30.7 Å². The van der Waals surface area contributed by atoms with Crippen LogP contribution in [-0.4, -0.2) is 34.5 Å². The molecular weight excluding hydrogens is 329 g/mol. The van der Waals surface area contributed by atoms with E-state index in [1.54, 1.807) is 19.9 Å². The van der Waals surface area contributed by atoms with Gasteiger partial charge in [-0.3, -0.25) is 9.59 Å². The van der Waals surface area contributed by atoms with E-state index in [0.29, 0.717) is 12.0 Å². The SMILES string of the molecule is CC(C)N(CC(=O)O)C(=O)CCc1cc(F)ccc1Br. The van der Waals surface area contributed by atoms with Gasteiger partial charge in [0.1, 0.15) is 12.4 Å². The number of aryl methyl sites for hydroxylation is 1. The van der Waals surface area contributed by atoms with Gasteiger partial charge in [0.15, 0.2) is 0 Å². The van der Waals surface area contributed by atoms with Gasteiger partial charge in [0, 0.05) is 16.9 Å². The Bertz CT molecular complexity index is 505. The third-order valence-electron chi connectivity index (χ3n) is 2.87. The van der Waals surface area contributed by atoms with Crippen molar-refractivity contribution in [2.45, 2.75) is 32.7 Å². The van der Waals surface area contributed by atoms with Crippen LogP contribution in [0.5, 0.6) is 0 Å². The predicted octanol–water partition coefficient (Wildman–Crippen LogP) is 2.84. The number of carboxylic acid groups (broad SMARTS) is 1. The Labute approximate surface area is 125 Å². The van der Waals surface area contributed by atoms with Gasteiger partial charge < -0.3 is 10.0 Å². The number of carbonyl (C=O) groups is 2. The standard InChI is InChI=1S/C14H17BrFNO3/c1-9(2)17(8-14(19)20)13(18)6-3-10-7-11(16)4-5-12(10)15/h4-5,7,9H,3,6,8H2,1-2H3,(H,19,20). The molecule has 110 valence electrons. The maximum atomic E-state index is 13.1. The van der Waals surface area contributed by atoms with Crippen molar-refractivity contribution in [1.82, 2.24) is 4.90 Å². The molecule has 0 heterocycles. The largest absolute Gasteiger partial charge is 0.480 e. The number of aliphatic carboxylic acids is 1. The molecule has 0 aromatic heterocycles. The summed E-state index contributed by atoms with van der Waals surface area (Å²) in [6.45, 7) is 3.21. The van der Waals surface area contributed by atoms with E-state index in [1.807, 2.05) is 0 Å². The lowest BCUT2D eigenvalue weighted by atomic mass is 10.1. The quantitative estimate of drug-likeness (QED) is 0.862. The highest BCUT2D eigenvalue weighted by molar-refractivity contribution is 9.10. The molecule has 0 unspecified atom stereocenters. The van der Waals surface area contributed by atoms with Gasteiger partial charge in [-0.15, -0.1) is 0 Å². The molecule has 0 fully saturated rings. The number of carboxylic acids is 1. The van der Waals surface area contributed by atoms with Gasteiger partial charge in [0.05, 0.1) is 0 Å². The molecule has 20 heavy (non-hydrogen) atoms. The zero-order valence-electron chi connectivity index (χ0n) is 11.4. The number of nitrogens with zero attached hydrogens (tertiary/aromatic N) is 1. The Hall–Kier alpha value is -1.43. The van der Waals surface area contributed by atoms with Crippen molar-refractivity contribution in [2.24, 2.45) is 0 Å². The van der Waals surface area contributed by atoms with Crippen molar-refractivity contribution >= 4 is 27.8 Å². The second-order valence-corrected chi connectivity index (χ2v) is 5.60. The summed E-state index contributed by atoms with van der Waals surface area (Å²) in [5.41, 5.74) is 0.692. The van der Waals surface area contributed by atoms with Gasteiger partial charge >= 0.3 is 5.97 Å². The van der Waals surface area contributed by atoms with Gasteiger partial charge in [-0.25, -0.2) is 4.39 Å². The second-order valence-electron chi connectivity index (χ2n) is 4.74. The number of carbonyl (C=O) groups excluding carboxylic acids is 1. The Morgan fingerprint density at radius 3 is 2.60 bits per heavy atom. The topological polar surface area (TPSA) is 57.6 Å². The molecular formula is C14H17BrFNO3. The lowest BCUT2D eigenvalue weighted by Crippen LogP contribution is -2.40. The van der Waals surface area contributed by atoms with Crippen molar-refractivity contribution in [3.63, 3.8) is 0 Å². The van der Waals surface area contributed by atoms with Crippen LogP contribution in [0.4, 0.5) is 4.39 Å². The Balaban J connectivity index is 2.69. The zero-order valence-corrected chi connectivity index (χ0v) is 13.0. The Kier molecular flexibility index (Phi) is 6.13. The van der Waals surface area contributed by atoms with Gasteiger partial charge in [0.25, 0.3) is 0 Å². The molecule has 0 aliphatic carbocycles. The van der Waals surface area contributed by atoms with E-state index >= 15 is 0 Å². The first-order valence-corrected chi connectivity index (χ1v) is 7.05. The van der Waals surface area contributed by atoms with Gasteiger partial charge in [0.2, 0.25) is 5.91 Å². The lowest BCUT2D eigenvalue weighted by molar-refractivity contribution is -0.145. The number of halogens is 2. The first kappa shape index (κ1) is 16.6. The number of rotatable bonds is 6. The van der Waals surface area contributed by atoms with Crippen molar-refractivity contribution in [2.75, 3.05) is 6.54 Å². The predicted molar refractivity (Wildman–Crippen MR) is 76.9 cm³/mol. The third-order valence-corrected chi connectivity index (χ3v) is 3.64. The first-order valence-electron chi connectivity index (χ1n) is 6.26. The molecule has 4 nitrogen and oxygen atoms in total. The monoisotopic (exact) mass is 345 g/mol. The minimum absolute atomic E-state index is 0.146. The third kappa shape index (κ3) is 4.92. The second kappa shape index (κ2) is 7.38. The van der Waals surface area contributed by atoms with Crippen LogP contribution >= 0.6 is 15.9 Å². The van der Waals surface area contributed by atoms with E-state index in [9.17, 15) is 14.0 Å². The number of amides is 1. The van der Waals surface area contributed by atoms with Crippen molar-refractivity contribution in [1.29, 1.82) is 0 Å². The molecule has 0 atom stereocenters. The number of hydrogen-bond donors (Lipinski definition) is 1. The van der Waals surface area contributed by atoms with Crippen molar-refractivity contribution in [3.8, 4) is 0 Å². The number of hydrogen-bond acceptors (Lipinski definition) is 2. The van der Waals surface area contributed by atoms with Crippen LogP contribution in [-0.2, 0) is 16.0 Å². The highest BCUT2D eigenvalue weighted by atomic mass is 79.9. The molecule has 6 heteroatoms. The summed E-state index contributed by atoms with van der Waals surface area (Å²) in [4.78, 5) is 24.1. The van der Waals surface area contributed by atoms with Gasteiger partial charge in [-0.05, 0) is 44.0 Å². The molecule has 1 N–H and O–H groups in total. The maximum absolute atomic E-state index is 13.1. The van der Waals surface area contributed by atoms with Crippen LogP contribution in [0, 0.1) is 5.82 Å². The fourth-order valence-electron chi connectivity index (χ4n) is 1.82. The molecule has 1 aromatic carbocycles. The number of benzene rings is 1. The summed E-state index contributed by atoms with van der Waals surface area (Å²) in [5, 5.41) is 8.80. The summed E-state index contributed by atoms with van der Waals surface area (Å²) < 4.78 is 13.9. The molecule has 0 radical (unpaired) electrons. The van der Waals surface area contributed by atoms with E-state index in [2.05, 4.69) is 15.9 Å². The molecule has 1 aromatic rings. The van der Waals surface area contributed by atoms with E-state index in [0.717, 1.165) is 4.47 Å². The van der Waals surface area contributed by atoms with E-state index < -0.39 is 5.97 Å². The van der Waals surface area contributed by atoms with Crippen LogP contribution in [0.1, 0.15) is 25.8 Å². The van der Waals surface area contributed by atoms with Crippen LogP contribution < -0.4 is 0 Å². The van der Waals surface area contributed by atoms with Gasteiger partial charge in [-0.2, -0.15) is 0 Å². The summed E-state index contributed by atoms with van der Waals surface area (Å²) in [5.74, 6) is -1.65. The summed E-state index contributed by atoms with van der Waals surface area (Å²) in [6, 6.07) is 4.11. The molecule has 1 amide bonds. The first-order chi connectivity index (χ1) is 9.31. The summed E-state index contributed by atoms with van der Waals surface area (Å²) in [6.07, 6.45) is 0.507. The highest BCUT2D eigenvalue weighted by Gasteiger charge is 2.19. The van der Waals surface area contributed by atoms with Crippen molar-refractivity contribution < 1.29 is 19.1 Å². The van der Waals surface area contributed by atoms with Crippen LogP contribution in [0.3, 0.4) is 0 Å². The summed E-state index contributed by atoms with van der Waals surface area (Å²) >= 11 is 3.30. The summed E-state index contributed by atoms with van der Waals surface area (Å²) in [7, 11) is 0. The fraction of sp³-hybridized carbons (Fsp3) is 0.429. The average Bonchev–Trinajstić information content (AvgIpc) is 2.36. The molecule has 0 saturated carbocycles. The molecule has 0 saturated heterocycles. The minimum Gasteiger partial charge on any atom is -0.480 e.